The van der Waals surface area contributed by atoms with Crippen LogP contribution in [-0.2, 0) is 9.47 Å². The molecule has 0 spiro atoms. The third-order valence-electron chi connectivity index (χ3n) is 3.06. The molecule has 5 nitrogen and oxygen atoms in total. The van der Waals surface area contributed by atoms with Crippen LogP contribution in [0.3, 0.4) is 0 Å². The number of ether oxygens (including phenoxy) is 2. The standard InChI is InChI=1S/C13H29N3O2/c1-12(10-13-11-18-8-5-15-13)14-4-7-17-9-6-16(2)3/h12-15H,4-11H2,1-3H3. The van der Waals surface area contributed by atoms with E-state index in [1.807, 2.05) is 0 Å². The average molecular weight is 259 g/mol. The van der Waals surface area contributed by atoms with Crippen molar-refractivity contribution in [3.8, 4) is 0 Å². The molecule has 0 saturated carbocycles. The number of nitrogens with one attached hydrogen (secondary N) is 2. The fraction of sp³-hybridized carbons (Fsp3) is 1.00. The van der Waals surface area contributed by atoms with Gasteiger partial charge in [-0.15, -0.1) is 0 Å². The summed E-state index contributed by atoms with van der Waals surface area (Å²) in [5.74, 6) is 0. The van der Waals surface area contributed by atoms with Gasteiger partial charge in [0.25, 0.3) is 0 Å². The Balaban J connectivity index is 1.91. The van der Waals surface area contributed by atoms with E-state index in [1.165, 1.54) is 0 Å². The van der Waals surface area contributed by atoms with Crippen molar-refractivity contribution in [1.29, 1.82) is 0 Å². The highest BCUT2D eigenvalue weighted by Gasteiger charge is 2.15. The van der Waals surface area contributed by atoms with Gasteiger partial charge in [0.05, 0.1) is 26.4 Å². The number of likely N-dealkylation sites (N-methyl/N-ethyl adjacent to an activating group) is 1. The molecular weight excluding hydrogens is 230 g/mol. The molecule has 0 bridgehead atoms. The van der Waals surface area contributed by atoms with Gasteiger partial charge in [-0.2, -0.15) is 0 Å². The van der Waals surface area contributed by atoms with Gasteiger partial charge in [0.2, 0.25) is 0 Å². The summed E-state index contributed by atoms with van der Waals surface area (Å²) in [7, 11) is 4.12. The third-order valence-corrected chi connectivity index (χ3v) is 3.06. The maximum atomic E-state index is 5.54. The van der Waals surface area contributed by atoms with Crippen molar-refractivity contribution < 1.29 is 9.47 Å². The Hall–Kier alpha value is -0.200. The van der Waals surface area contributed by atoms with Gasteiger partial charge in [0.15, 0.2) is 0 Å². The first-order valence-electron chi connectivity index (χ1n) is 6.95. The molecule has 0 radical (unpaired) electrons. The number of hydrogen-bond acceptors (Lipinski definition) is 5. The summed E-state index contributed by atoms with van der Waals surface area (Å²) in [6.45, 7) is 8.37. The molecule has 5 heteroatoms. The van der Waals surface area contributed by atoms with Gasteiger partial charge in [0.1, 0.15) is 0 Å². The van der Waals surface area contributed by atoms with Crippen LogP contribution in [0.15, 0.2) is 0 Å². The Morgan fingerprint density at radius 3 is 2.94 bits per heavy atom. The van der Waals surface area contributed by atoms with Crippen LogP contribution in [0.25, 0.3) is 0 Å². The first-order valence-corrected chi connectivity index (χ1v) is 6.95. The normalized spacial score (nSPS) is 22.3. The summed E-state index contributed by atoms with van der Waals surface area (Å²) in [4.78, 5) is 2.13. The maximum Gasteiger partial charge on any atom is 0.0620 e. The second-order valence-corrected chi connectivity index (χ2v) is 5.23. The molecule has 0 aromatic rings. The van der Waals surface area contributed by atoms with Crippen molar-refractivity contribution in [2.24, 2.45) is 0 Å². The number of morpholine rings is 1. The molecular formula is C13H29N3O2. The number of hydrogen-bond donors (Lipinski definition) is 2. The first kappa shape index (κ1) is 15.9. The molecule has 1 aliphatic heterocycles. The zero-order valence-electron chi connectivity index (χ0n) is 12.1. The molecule has 2 unspecified atom stereocenters. The van der Waals surface area contributed by atoms with Crippen LogP contribution in [0.1, 0.15) is 13.3 Å². The van der Waals surface area contributed by atoms with E-state index in [-0.39, 0.29) is 0 Å². The van der Waals surface area contributed by atoms with Gasteiger partial charge in [0, 0.05) is 31.7 Å². The van der Waals surface area contributed by atoms with Crippen LogP contribution < -0.4 is 10.6 Å². The molecule has 0 amide bonds. The topological polar surface area (TPSA) is 45.8 Å². The van der Waals surface area contributed by atoms with Crippen molar-refractivity contribution >= 4 is 0 Å². The van der Waals surface area contributed by atoms with Crippen LogP contribution in [-0.4, -0.2) is 77.1 Å². The molecule has 1 saturated heterocycles. The molecule has 0 aromatic heterocycles. The Morgan fingerprint density at radius 2 is 2.28 bits per heavy atom. The van der Waals surface area contributed by atoms with Gasteiger partial charge in [-0.3, -0.25) is 0 Å². The van der Waals surface area contributed by atoms with E-state index in [9.17, 15) is 0 Å². The van der Waals surface area contributed by atoms with Gasteiger partial charge >= 0.3 is 0 Å². The van der Waals surface area contributed by atoms with Crippen LogP contribution in [0, 0.1) is 0 Å². The van der Waals surface area contributed by atoms with Crippen LogP contribution in [0.5, 0.6) is 0 Å². The van der Waals surface area contributed by atoms with E-state index in [2.05, 4.69) is 36.6 Å². The molecule has 2 atom stereocenters. The quantitative estimate of drug-likeness (QED) is 0.567. The summed E-state index contributed by atoms with van der Waals surface area (Å²) in [5, 5.41) is 6.96. The second kappa shape index (κ2) is 9.69. The predicted molar refractivity (Wildman–Crippen MR) is 74.1 cm³/mol. The highest BCUT2D eigenvalue weighted by molar-refractivity contribution is 4.75. The summed E-state index contributed by atoms with van der Waals surface area (Å²) in [5.41, 5.74) is 0. The van der Waals surface area contributed by atoms with Crippen molar-refractivity contribution in [3.05, 3.63) is 0 Å². The lowest BCUT2D eigenvalue weighted by Crippen LogP contribution is -2.45. The number of rotatable bonds is 9. The van der Waals surface area contributed by atoms with Crippen molar-refractivity contribution in [2.45, 2.75) is 25.4 Å². The minimum atomic E-state index is 0.496. The van der Waals surface area contributed by atoms with E-state index < -0.39 is 0 Å². The summed E-state index contributed by atoms with van der Waals surface area (Å²) in [6, 6.07) is 0.998. The average Bonchev–Trinajstić information content (AvgIpc) is 2.34. The molecule has 108 valence electrons. The van der Waals surface area contributed by atoms with Crippen LogP contribution >= 0.6 is 0 Å². The Bertz CT molecular complexity index is 197. The van der Waals surface area contributed by atoms with E-state index in [0.29, 0.717) is 12.1 Å². The Labute approximate surface area is 111 Å². The third kappa shape index (κ3) is 8.00. The molecule has 0 aromatic carbocycles. The highest BCUT2D eigenvalue weighted by atomic mass is 16.5. The fourth-order valence-electron chi connectivity index (χ4n) is 2.01. The van der Waals surface area contributed by atoms with Crippen molar-refractivity contribution in [2.75, 3.05) is 60.2 Å². The molecule has 1 aliphatic rings. The molecule has 1 rings (SSSR count). The predicted octanol–water partition coefficient (Wildman–Crippen LogP) is -0.0788. The van der Waals surface area contributed by atoms with Crippen LogP contribution in [0.4, 0.5) is 0 Å². The SMILES string of the molecule is CC(CC1COCCN1)NCCOCCN(C)C. The number of nitrogens with zero attached hydrogens (tertiary/aromatic N) is 1. The smallest absolute Gasteiger partial charge is 0.0620 e. The zero-order chi connectivity index (χ0) is 13.2. The maximum absolute atomic E-state index is 5.54. The fourth-order valence-corrected chi connectivity index (χ4v) is 2.01. The van der Waals surface area contributed by atoms with Crippen molar-refractivity contribution in [3.63, 3.8) is 0 Å². The summed E-state index contributed by atoms with van der Waals surface area (Å²) in [6.07, 6.45) is 1.11. The lowest BCUT2D eigenvalue weighted by Gasteiger charge is -2.26. The molecule has 18 heavy (non-hydrogen) atoms. The first-order chi connectivity index (χ1) is 8.68. The van der Waals surface area contributed by atoms with Crippen LogP contribution in [0.2, 0.25) is 0 Å². The second-order valence-electron chi connectivity index (χ2n) is 5.23. The van der Waals surface area contributed by atoms with Gasteiger partial charge in [-0.1, -0.05) is 0 Å². The largest absolute Gasteiger partial charge is 0.379 e. The molecule has 1 heterocycles. The van der Waals surface area contributed by atoms with E-state index in [1.54, 1.807) is 0 Å². The van der Waals surface area contributed by atoms with Gasteiger partial charge in [-0.25, -0.2) is 0 Å². The van der Waals surface area contributed by atoms with E-state index in [0.717, 1.165) is 52.5 Å². The van der Waals surface area contributed by atoms with E-state index in [4.69, 9.17) is 9.47 Å². The van der Waals surface area contributed by atoms with Gasteiger partial charge in [-0.05, 0) is 27.4 Å². The molecule has 2 N–H and O–H groups in total. The Kier molecular flexibility index (Phi) is 8.54. The lowest BCUT2D eigenvalue weighted by molar-refractivity contribution is 0.0703. The zero-order valence-corrected chi connectivity index (χ0v) is 12.1. The van der Waals surface area contributed by atoms with E-state index >= 15 is 0 Å². The van der Waals surface area contributed by atoms with Crippen molar-refractivity contribution in [1.82, 2.24) is 15.5 Å². The highest BCUT2D eigenvalue weighted by Crippen LogP contribution is 2.02. The molecule has 0 aliphatic carbocycles. The monoisotopic (exact) mass is 259 g/mol. The minimum Gasteiger partial charge on any atom is -0.379 e. The summed E-state index contributed by atoms with van der Waals surface area (Å²) >= 11 is 0. The minimum absolute atomic E-state index is 0.496. The lowest BCUT2D eigenvalue weighted by atomic mass is 10.1. The van der Waals surface area contributed by atoms with Gasteiger partial charge < -0.3 is 25.0 Å². The molecule has 1 fully saturated rings. The Morgan fingerprint density at radius 1 is 1.44 bits per heavy atom. The summed E-state index contributed by atoms with van der Waals surface area (Å²) < 4.78 is 11.0.